The van der Waals surface area contributed by atoms with Crippen molar-refractivity contribution in [2.45, 2.75) is 45.1 Å². The molecule has 0 radical (unpaired) electrons. The van der Waals surface area contributed by atoms with E-state index in [1.165, 1.54) is 63.7 Å². The van der Waals surface area contributed by atoms with Gasteiger partial charge < -0.3 is 9.47 Å². The van der Waals surface area contributed by atoms with Gasteiger partial charge in [0.1, 0.15) is 0 Å². The first-order valence-electron chi connectivity index (χ1n) is 9.12. The first-order chi connectivity index (χ1) is 11.4. The summed E-state index contributed by atoms with van der Waals surface area (Å²) in [6.07, 6.45) is 13.8. The summed E-state index contributed by atoms with van der Waals surface area (Å²) in [5.41, 5.74) is 1.47. The van der Waals surface area contributed by atoms with Crippen LogP contribution in [0.3, 0.4) is 0 Å². The Kier molecular flexibility index (Phi) is 6.27. The molecule has 3 nitrogen and oxygen atoms in total. The van der Waals surface area contributed by atoms with Crippen molar-refractivity contribution in [1.82, 2.24) is 14.5 Å². The second-order valence-electron chi connectivity index (χ2n) is 6.82. The lowest BCUT2D eigenvalue weighted by Crippen LogP contribution is -2.34. The van der Waals surface area contributed by atoms with Crippen molar-refractivity contribution in [3.05, 3.63) is 54.6 Å². The Balaban J connectivity index is 1.26. The molecule has 124 valence electrons. The Morgan fingerprint density at radius 2 is 1.83 bits per heavy atom. The van der Waals surface area contributed by atoms with E-state index in [9.17, 15) is 0 Å². The van der Waals surface area contributed by atoms with Crippen molar-refractivity contribution >= 4 is 0 Å². The molecule has 0 atom stereocenters. The quantitative estimate of drug-likeness (QED) is 0.734. The first-order valence-corrected chi connectivity index (χ1v) is 9.12. The van der Waals surface area contributed by atoms with E-state index < -0.39 is 0 Å². The molecule has 3 heteroatoms. The second-order valence-corrected chi connectivity index (χ2v) is 6.82. The van der Waals surface area contributed by atoms with E-state index in [0.29, 0.717) is 0 Å². The highest BCUT2D eigenvalue weighted by Crippen LogP contribution is 2.22. The van der Waals surface area contributed by atoms with Crippen LogP contribution in [-0.4, -0.2) is 34.1 Å². The molecule has 3 rings (SSSR count). The van der Waals surface area contributed by atoms with Gasteiger partial charge in [-0.1, -0.05) is 30.3 Å². The number of rotatable bonds is 8. The fourth-order valence-corrected chi connectivity index (χ4v) is 3.63. The van der Waals surface area contributed by atoms with Crippen molar-refractivity contribution < 1.29 is 0 Å². The molecular weight excluding hydrogens is 282 g/mol. The molecule has 0 N–H and O–H groups in total. The predicted molar refractivity (Wildman–Crippen MR) is 95.4 cm³/mol. The van der Waals surface area contributed by atoms with Crippen molar-refractivity contribution in [3.8, 4) is 0 Å². The van der Waals surface area contributed by atoms with Gasteiger partial charge in [0.15, 0.2) is 0 Å². The number of imidazole rings is 1. The van der Waals surface area contributed by atoms with Crippen molar-refractivity contribution in [1.29, 1.82) is 0 Å². The lowest BCUT2D eigenvalue weighted by atomic mass is 9.92. The highest BCUT2D eigenvalue weighted by atomic mass is 15.1. The van der Waals surface area contributed by atoms with Gasteiger partial charge in [-0.25, -0.2) is 4.98 Å². The molecule has 0 saturated carbocycles. The Labute approximate surface area is 140 Å². The van der Waals surface area contributed by atoms with Gasteiger partial charge in [0, 0.05) is 18.9 Å². The summed E-state index contributed by atoms with van der Waals surface area (Å²) in [5, 5.41) is 0. The summed E-state index contributed by atoms with van der Waals surface area (Å²) in [5.74, 6) is 0.934. The molecule has 0 amide bonds. The summed E-state index contributed by atoms with van der Waals surface area (Å²) < 4.78 is 2.19. The molecule has 1 saturated heterocycles. The monoisotopic (exact) mass is 311 g/mol. The Morgan fingerprint density at radius 1 is 1.00 bits per heavy atom. The van der Waals surface area contributed by atoms with E-state index in [1.54, 1.807) is 0 Å². The summed E-state index contributed by atoms with van der Waals surface area (Å²) in [7, 11) is 0. The van der Waals surface area contributed by atoms with E-state index >= 15 is 0 Å². The molecule has 0 aliphatic carbocycles. The van der Waals surface area contributed by atoms with E-state index in [2.05, 4.69) is 51.0 Å². The van der Waals surface area contributed by atoms with Gasteiger partial charge in [0.2, 0.25) is 0 Å². The molecule has 23 heavy (non-hydrogen) atoms. The minimum atomic E-state index is 0.934. The summed E-state index contributed by atoms with van der Waals surface area (Å²) in [6, 6.07) is 10.9. The number of benzene rings is 1. The largest absolute Gasteiger partial charge is 0.337 e. The number of aromatic nitrogens is 2. The average molecular weight is 311 g/mol. The molecule has 1 fully saturated rings. The van der Waals surface area contributed by atoms with Gasteiger partial charge in [0.25, 0.3) is 0 Å². The van der Waals surface area contributed by atoms with Crippen LogP contribution in [0.15, 0.2) is 49.1 Å². The third-order valence-electron chi connectivity index (χ3n) is 5.08. The molecular formula is C20H29N3. The second kappa shape index (κ2) is 8.88. The zero-order valence-corrected chi connectivity index (χ0v) is 14.1. The lowest BCUT2D eigenvalue weighted by molar-refractivity contribution is 0.175. The van der Waals surface area contributed by atoms with Crippen molar-refractivity contribution in [2.24, 2.45) is 5.92 Å². The predicted octanol–water partition coefficient (Wildman–Crippen LogP) is 4.01. The SMILES string of the molecule is c1ccc(CCCN2CCC(CCCn3ccnc3)CC2)cc1. The molecule has 0 unspecified atom stereocenters. The molecule has 2 heterocycles. The summed E-state index contributed by atoms with van der Waals surface area (Å²) >= 11 is 0. The third kappa shape index (κ3) is 5.51. The van der Waals surface area contributed by atoms with Crippen LogP contribution in [0.1, 0.15) is 37.7 Å². The van der Waals surface area contributed by atoms with Gasteiger partial charge in [-0.05, 0) is 69.6 Å². The van der Waals surface area contributed by atoms with Crippen LogP contribution in [-0.2, 0) is 13.0 Å². The molecule has 0 spiro atoms. The van der Waals surface area contributed by atoms with E-state index in [-0.39, 0.29) is 0 Å². The van der Waals surface area contributed by atoms with Gasteiger partial charge >= 0.3 is 0 Å². The van der Waals surface area contributed by atoms with Gasteiger partial charge in [-0.15, -0.1) is 0 Å². The molecule has 1 aliphatic rings. The summed E-state index contributed by atoms with van der Waals surface area (Å²) in [6.45, 7) is 4.98. The highest BCUT2D eigenvalue weighted by Gasteiger charge is 2.18. The van der Waals surface area contributed by atoms with E-state index in [1.807, 2.05) is 12.5 Å². The Morgan fingerprint density at radius 3 is 2.57 bits per heavy atom. The van der Waals surface area contributed by atoms with Crippen molar-refractivity contribution in [3.63, 3.8) is 0 Å². The van der Waals surface area contributed by atoms with E-state index in [0.717, 1.165) is 12.5 Å². The normalized spacial score (nSPS) is 16.7. The smallest absolute Gasteiger partial charge is 0.0945 e. The van der Waals surface area contributed by atoms with Crippen LogP contribution in [0.5, 0.6) is 0 Å². The highest BCUT2D eigenvalue weighted by molar-refractivity contribution is 5.14. The topological polar surface area (TPSA) is 21.1 Å². The molecule has 1 aliphatic heterocycles. The Hall–Kier alpha value is -1.61. The van der Waals surface area contributed by atoms with Crippen molar-refractivity contribution in [2.75, 3.05) is 19.6 Å². The number of piperidine rings is 1. The van der Waals surface area contributed by atoms with E-state index in [4.69, 9.17) is 0 Å². The molecule has 1 aromatic carbocycles. The van der Waals surface area contributed by atoms with Crippen LogP contribution >= 0.6 is 0 Å². The molecule has 1 aromatic heterocycles. The zero-order valence-electron chi connectivity index (χ0n) is 14.1. The number of aryl methyl sites for hydroxylation is 2. The number of hydrogen-bond acceptors (Lipinski definition) is 2. The fraction of sp³-hybridized carbons (Fsp3) is 0.550. The van der Waals surface area contributed by atoms with Gasteiger partial charge in [-0.3, -0.25) is 0 Å². The minimum Gasteiger partial charge on any atom is -0.337 e. The molecule has 2 aromatic rings. The van der Waals surface area contributed by atoms with Crippen LogP contribution in [0.25, 0.3) is 0 Å². The third-order valence-corrected chi connectivity index (χ3v) is 5.08. The number of nitrogens with zero attached hydrogens (tertiary/aromatic N) is 3. The molecule has 0 bridgehead atoms. The van der Waals surface area contributed by atoms with Crippen LogP contribution in [0.4, 0.5) is 0 Å². The Bertz CT molecular complexity index is 527. The van der Waals surface area contributed by atoms with Crippen LogP contribution in [0, 0.1) is 5.92 Å². The maximum Gasteiger partial charge on any atom is 0.0945 e. The standard InChI is InChI=1S/C20H29N3/c1-2-6-19(7-3-1)8-4-13-22-15-10-20(11-16-22)9-5-14-23-17-12-21-18-23/h1-3,6-7,12,17-18,20H,4-5,8-11,13-16H2. The average Bonchev–Trinajstić information content (AvgIpc) is 3.11. The lowest BCUT2D eigenvalue weighted by Gasteiger charge is -2.32. The maximum absolute atomic E-state index is 4.10. The first kappa shape index (κ1) is 16.3. The fourth-order valence-electron chi connectivity index (χ4n) is 3.63. The number of likely N-dealkylation sites (tertiary alicyclic amines) is 1. The zero-order chi connectivity index (χ0) is 15.7. The number of hydrogen-bond donors (Lipinski definition) is 0. The minimum absolute atomic E-state index is 0.934. The van der Waals surface area contributed by atoms with Crippen LogP contribution in [0.2, 0.25) is 0 Å². The van der Waals surface area contributed by atoms with Gasteiger partial charge in [0.05, 0.1) is 6.33 Å². The summed E-state index contributed by atoms with van der Waals surface area (Å²) in [4.78, 5) is 6.77. The van der Waals surface area contributed by atoms with Gasteiger partial charge in [-0.2, -0.15) is 0 Å². The van der Waals surface area contributed by atoms with Crippen LogP contribution < -0.4 is 0 Å². The maximum atomic E-state index is 4.10.